The van der Waals surface area contributed by atoms with Crippen LogP contribution in [-0.2, 0) is 15.8 Å². The van der Waals surface area contributed by atoms with Crippen LogP contribution < -0.4 is 14.2 Å². The molecule has 8 nitrogen and oxygen atoms in total. The maximum absolute atomic E-state index is 12.2. The molecule has 1 N–H and O–H groups in total. The first-order valence-corrected chi connectivity index (χ1v) is 10.3. The molecule has 3 heterocycles. The first-order chi connectivity index (χ1) is 14.6. The van der Waals surface area contributed by atoms with Gasteiger partial charge in [0.25, 0.3) is 11.8 Å². The summed E-state index contributed by atoms with van der Waals surface area (Å²) in [7, 11) is -1.52. The fourth-order valence-corrected chi connectivity index (χ4v) is 4.73. The molecule has 0 aliphatic carbocycles. The molecule has 30 heavy (non-hydrogen) atoms. The van der Waals surface area contributed by atoms with Crippen LogP contribution in [0.4, 0.5) is 5.82 Å². The summed E-state index contributed by atoms with van der Waals surface area (Å²) in [5.41, 5.74) is 0.851. The second-order valence-electron chi connectivity index (χ2n) is 6.76. The minimum absolute atomic E-state index is 0.166. The van der Waals surface area contributed by atoms with Crippen LogP contribution in [-0.4, -0.2) is 26.9 Å². The van der Waals surface area contributed by atoms with Crippen LogP contribution in [0.3, 0.4) is 0 Å². The molecule has 1 amide bonds. The maximum atomic E-state index is 12.2. The van der Waals surface area contributed by atoms with Crippen LogP contribution in [0.25, 0.3) is 15.6 Å². The van der Waals surface area contributed by atoms with E-state index in [0.29, 0.717) is 46.1 Å². The normalized spacial score (nSPS) is 20.0. The predicted octanol–water partition coefficient (Wildman–Crippen LogP) is 3.52. The lowest BCUT2D eigenvalue weighted by atomic mass is 9.92. The summed E-state index contributed by atoms with van der Waals surface area (Å²) >= 11 is 0. The zero-order chi connectivity index (χ0) is 20.7. The summed E-state index contributed by atoms with van der Waals surface area (Å²) in [5.74, 6) is 1.11. The molecular weight excluding hydrogens is 404 g/mol. The first-order valence-electron chi connectivity index (χ1n) is 9.15. The van der Waals surface area contributed by atoms with Crippen LogP contribution in [0.15, 0.2) is 53.4 Å². The number of carbonyl (C=O) groups excluding carboxylic acids is 1. The quantitative estimate of drug-likeness (QED) is 0.654. The van der Waals surface area contributed by atoms with Crippen LogP contribution in [0.5, 0.6) is 17.4 Å². The number of nitrogens with zero attached hydrogens (tertiary/aromatic N) is 3. The number of hydrogen-bond acceptors (Lipinski definition) is 6. The third-order valence-electron chi connectivity index (χ3n) is 5.00. The number of hydrogen-bond donors (Lipinski definition) is 1. The van der Waals surface area contributed by atoms with Crippen molar-refractivity contribution in [2.45, 2.75) is 12.3 Å². The predicted molar refractivity (Wildman–Crippen MR) is 110 cm³/mol. The van der Waals surface area contributed by atoms with Crippen molar-refractivity contribution in [2.75, 3.05) is 6.61 Å². The Morgan fingerprint density at radius 1 is 1.20 bits per heavy atom. The summed E-state index contributed by atoms with van der Waals surface area (Å²) in [6.45, 7) is 7.69. The van der Waals surface area contributed by atoms with Gasteiger partial charge in [0, 0.05) is 39.5 Å². The van der Waals surface area contributed by atoms with Gasteiger partial charge in [0.15, 0.2) is 0 Å². The van der Waals surface area contributed by atoms with Crippen molar-refractivity contribution < 1.29 is 18.5 Å². The van der Waals surface area contributed by atoms with E-state index in [1.165, 1.54) is 6.08 Å². The number of rotatable bonds is 3. The highest BCUT2D eigenvalue weighted by atomic mass is 32.2. The highest BCUT2D eigenvalue weighted by Gasteiger charge is 2.32. The molecular formula is C21H14N4O4S. The van der Waals surface area contributed by atoms with E-state index in [1.807, 2.05) is 24.3 Å². The van der Waals surface area contributed by atoms with Gasteiger partial charge in [-0.05, 0) is 17.6 Å². The molecule has 9 heteroatoms. The standard InChI is InChI=1S/C21H14N4O4S/c1-22-20-15-4-2-3-5-16(15)21(24-23-20)29-12-6-7-13-14(8-9-28-17(13)10-12)18-11-19(26)25-30(18)27/h2-7,10-11,14H,8-9H2,(H,25,26). The highest BCUT2D eigenvalue weighted by Crippen LogP contribution is 2.42. The van der Waals surface area contributed by atoms with Crippen LogP contribution in [0.2, 0.25) is 0 Å². The largest absolute Gasteiger partial charge is 0.493 e. The van der Waals surface area contributed by atoms with Gasteiger partial charge in [-0.15, -0.1) is 0 Å². The Balaban J connectivity index is 1.50. The fraction of sp³-hybridized carbons (Fsp3) is 0.143. The molecule has 0 saturated carbocycles. The number of ether oxygens (including phenoxy) is 2. The molecule has 2 unspecified atom stereocenters. The zero-order valence-electron chi connectivity index (χ0n) is 15.5. The molecule has 2 aromatic carbocycles. The average Bonchev–Trinajstić information content (AvgIpc) is 3.11. The van der Waals surface area contributed by atoms with Gasteiger partial charge in [0.05, 0.1) is 11.5 Å². The number of benzene rings is 2. The van der Waals surface area contributed by atoms with Gasteiger partial charge < -0.3 is 14.3 Å². The summed E-state index contributed by atoms with van der Waals surface area (Å²) < 4.78 is 26.3. The lowest BCUT2D eigenvalue weighted by Gasteiger charge is -2.26. The molecule has 2 aliphatic heterocycles. The Morgan fingerprint density at radius 2 is 2.03 bits per heavy atom. The Morgan fingerprint density at radius 3 is 2.80 bits per heavy atom. The van der Waals surface area contributed by atoms with Crippen LogP contribution >= 0.6 is 0 Å². The molecule has 0 bridgehead atoms. The SMILES string of the molecule is [C-]#[N+]c1nnc(Oc2ccc3c(c2)OCCC3C2=CC(=O)NS2=O)c2ccccc12. The summed E-state index contributed by atoms with van der Waals surface area (Å²) in [4.78, 5) is 15.5. The minimum atomic E-state index is -1.52. The second kappa shape index (κ2) is 7.24. The van der Waals surface area contributed by atoms with Gasteiger partial charge >= 0.3 is 5.82 Å². The smallest absolute Gasteiger partial charge is 0.304 e. The van der Waals surface area contributed by atoms with Crippen molar-refractivity contribution >= 4 is 33.5 Å². The van der Waals surface area contributed by atoms with Gasteiger partial charge in [-0.2, -0.15) is 0 Å². The summed E-state index contributed by atoms with van der Waals surface area (Å²) in [6, 6.07) is 12.7. The fourth-order valence-electron chi connectivity index (χ4n) is 3.66. The van der Waals surface area contributed by atoms with E-state index < -0.39 is 11.0 Å². The summed E-state index contributed by atoms with van der Waals surface area (Å²) in [6.07, 6.45) is 2.04. The molecule has 0 saturated heterocycles. The average molecular weight is 418 g/mol. The Kier molecular flexibility index (Phi) is 4.41. The molecule has 0 fully saturated rings. The van der Waals surface area contributed by atoms with Crippen molar-refractivity contribution in [3.05, 3.63) is 70.4 Å². The molecule has 148 valence electrons. The van der Waals surface area contributed by atoms with E-state index in [2.05, 4.69) is 19.8 Å². The molecule has 1 aromatic heterocycles. The monoisotopic (exact) mass is 418 g/mol. The number of allylic oxidation sites excluding steroid dienone is 1. The van der Waals surface area contributed by atoms with Gasteiger partial charge in [-0.1, -0.05) is 36.9 Å². The van der Waals surface area contributed by atoms with E-state index in [9.17, 15) is 9.00 Å². The van der Waals surface area contributed by atoms with E-state index in [1.54, 1.807) is 18.2 Å². The number of nitrogens with one attached hydrogen (secondary N) is 1. The molecule has 5 rings (SSSR count). The summed E-state index contributed by atoms with van der Waals surface area (Å²) in [5, 5.41) is 9.36. The van der Waals surface area contributed by atoms with Crippen molar-refractivity contribution in [1.82, 2.24) is 14.9 Å². The maximum Gasteiger partial charge on any atom is 0.304 e. The van der Waals surface area contributed by atoms with E-state index in [0.717, 1.165) is 5.56 Å². The minimum Gasteiger partial charge on any atom is -0.493 e. The highest BCUT2D eigenvalue weighted by molar-refractivity contribution is 7.88. The van der Waals surface area contributed by atoms with E-state index in [-0.39, 0.29) is 17.6 Å². The third-order valence-corrected chi connectivity index (χ3v) is 6.22. The number of fused-ring (bicyclic) bond motifs is 2. The molecule has 3 aromatic rings. The Hall–Kier alpha value is -3.77. The number of amides is 1. The Labute approximate surface area is 173 Å². The van der Waals surface area contributed by atoms with Gasteiger partial charge in [-0.25, -0.2) is 4.21 Å². The van der Waals surface area contributed by atoms with Crippen molar-refractivity contribution in [2.24, 2.45) is 0 Å². The third kappa shape index (κ3) is 3.07. The molecule has 0 spiro atoms. The second-order valence-corrected chi connectivity index (χ2v) is 7.97. The van der Waals surface area contributed by atoms with Gasteiger partial charge in [0.2, 0.25) is 0 Å². The van der Waals surface area contributed by atoms with E-state index in [4.69, 9.17) is 16.0 Å². The van der Waals surface area contributed by atoms with Crippen LogP contribution in [0, 0.1) is 6.57 Å². The first kappa shape index (κ1) is 18.3. The van der Waals surface area contributed by atoms with Gasteiger partial charge in [0.1, 0.15) is 22.5 Å². The number of carbonyl (C=O) groups is 1. The van der Waals surface area contributed by atoms with Crippen molar-refractivity contribution in [3.8, 4) is 17.4 Å². The molecule has 2 aliphatic rings. The zero-order valence-corrected chi connectivity index (χ0v) is 16.3. The number of aromatic nitrogens is 2. The lowest BCUT2D eigenvalue weighted by molar-refractivity contribution is -0.114. The molecule has 2 atom stereocenters. The Bertz CT molecular complexity index is 1300. The van der Waals surface area contributed by atoms with Gasteiger partial charge in [-0.3, -0.25) is 9.52 Å². The lowest BCUT2D eigenvalue weighted by Crippen LogP contribution is -2.21. The van der Waals surface area contributed by atoms with Crippen molar-refractivity contribution in [1.29, 1.82) is 0 Å². The van der Waals surface area contributed by atoms with E-state index >= 15 is 0 Å². The molecule has 0 radical (unpaired) electrons. The topological polar surface area (TPSA) is 94.8 Å². The van der Waals surface area contributed by atoms with Crippen LogP contribution in [0.1, 0.15) is 17.9 Å². The van der Waals surface area contributed by atoms with Crippen molar-refractivity contribution in [3.63, 3.8) is 0 Å².